The molecule has 6 nitrogen and oxygen atoms in total. The monoisotopic (exact) mass is 372 g/mol. The lowest BCUT2D eigenvalue weighted by Crippen LogP contribution is -2.30. The van der Waals surface area contributed by atoms with E-state index in [1.54, 1.807) is 6.92 Å². The van der Waals surface area contributed by atoms with Gasteiger partial charge in [-0.3, -0.25) is 4.79 Å². The third-order valence-corrected chi connectivity index (χ3v) is 4.42. The molecule has 0 radical (unpaired) electrons. The largest absolute Gasteiger partial charge is 0.450 e. The van der Waals surface area contributed by atoms with Crippen LogP contribution in [0.15, 0.2) is 22.7 Å². The third kappa shape index (κ3) is 5.67. The standard InChI is InChI=1S/C21H28N2O4/c1-13-9-16(21(4,5)6)10-14(2)17(13)7-8-22-19(24)12-26-20(25)18-11-15(3)23-27-18/h9-11H,7-8,12H2,1-6H3,(H,22,24). The molecule has 1 aromatic carbocycles. The zero-order valence-electron chi connectivity index (χ0n) is 16.9. The Morgan fingerprint density at radius 3 is 2.26 bits per heavy atom. The molecule has 0 aliphatic heterocycles. The van der Waals surface area contributed by atoms with Crippen molar-refractivity contribution in [2.75, 3.05) is 13.2 Å². The average molecular weight is 372 g/mol. The van der Waals surface area contributed by atoms with Crippen molar-refractivity contribution in [3.63, 3.8) is 0 Å². The van der Waals surface area contributed by atoms with Crippen molar-refractivity contribution in [2.45, 2.75) is 53.4 Å². The second-order valence-corrected chi connectivity index (χ2v) is 7.85. The maximum absolute atomic E-state index is 11.9. The van der Waals surface area contributed by atoms with Gasteiger partial charge in [0.25, 0.3) is 5.91 Å². The first-order valence-electron chi connectivity index (χ1n) is 9.05. The van der Waals surface area contributed by atoms with Crippen LogP contribution in [-0.4, -0.2) is 30.2 Å². The third-order valence-electron chi connectivity index (χ3n) is 4.42. The molecular weight excluding hydrogens is 344 g/mol. The number of benzene rings is 1. The molecule has 0 fully saturated rings. The predicted molar refractivity (Wildman–Crippen MR) is 103 cm³/mol. The molecule has 1 N–H and O–H groups in total. The number of rotatable bonds is 6. The van der Waals surface area contributed by atoms with Gasteiger partial charge in [-0.25, -0.2) is 4.79 Å². The van der Waals surface area contributed by atoms with Crippen molar-refractivity contribution < 1.29 is 18.8 Å². The van der Waals surface area contributed by atoms with Crippen molar-refractivity contribution in [2.24, 2.45) is 0 Å². The van der Waals surface area contributed by atoms with E-state index in [2.05, 4.69) is 57.2 Å². The van der Waals surface area contributed by atoms with Gasteiger partial charge in [0.2, 0.25) is 5.76 Å². The van der Waals surface area contributed by atoms with Gasteiger partial charge in [-0.05, 0) is 54.9 Å². The summed E-state index contributed by atoms with van der Waals surface area (Å²) in [6.45, 7) is 12.6. The molecule has 146 valence electrons. The lowest BCUT2D eigenvalue weighted by Gasteiger charge is -2.22. The number of nitrogens with zero attached hydrogens (tertiary/aromatic N) is 1. The van der Waals surface area contributed by atoms with Gasteiger partial charge in [-0.15, -0.1) is 0 Å². The second kappa shape index (κ2) is 8.37. The van der Waals surface area contributed by atoms with E-state index in [0.717, 1.165) is 6.42 Å². The van der Waals surface area contributed by atoms with Crippen molar-refractivity contribution >= 4 is 11.9 Å². The highest BCUT2D eigenvalue weighted by Gasteiger charge is 2.17. The number of hydrogen-bond acceptors (Lipinski definition) is 5. The van der Waals surface area contributed by atoms with Gasteiger partial charge in [0, 0.05) is 12.6 Å². The molecule has 0 unspecified atom stereocenters. The molecule has 1 heterocycles. The zero-order valence-corrected chi connectivity index (χ0v) is 16.9. The van der Waals surface area contributed by atoms with Crippen LogP contribution in [0.1, 0.15) is 59.3 Å². The van der Waals surface area contributed by atoms with E-state index < -0.39 is 5.97 Å². The van der Waals surface area contributed by atoms with Crippen LogP contribution in [0.4, 0.5) is 0 Å². The van der Waals surface area contributed by atoms with Crippen LogP contribution in [0.2, 0.25) is 0 Å². The van der Waals surface area contributed by atoms with E-state index in [0.29, 0.717) is 12.2 Å². The first-order valence-corrected chi connectivity index (χ1v) is 9.05. The summed E-state index contributed by atoms with van der Waals surface area (Å²) in [5, 5.41) is 6.39. The minimum atomic E-state index is -0.699. The number of amides is 1. The Kier molecular flexibility index (Phi) is 6.41. The normalized spacial score (nSPS) is 11.3. The Labute approximate surface area is 160 Å². The summed E-state index contributed by atoms with van der Waals surface area (Å²) < 4.78 is 9.72. The summed E-state index contributed by atoms with van der Waals surface area (Å²) in [4.78, 5) is 23.6. The molecule has 2 rings (SSSR count). The Bertz CT molecular complexity index is 808. The fraction of sp³-hybridized carbons (Fsp3) is 0.476. The van der Waals surface area contributed by atoms with E-state index in [1.165, 1.54) is 28.3 Å². The molecule has 0 atom stereocenters. The van der Waals surface area contributed by atoms with Crippen LogP contribution in [0.3, 0.4) is 0 Å². The molecule has 0 spiro atoms. The minimum Gasteiger partial charge on any atom is -0.450 e. The summed E-state index contributed by atoms with van der Waals surface area (Å²) in [6, 6.07) is 5.89. The molecule has 2 aromatic rings. The van der Waals surface area contributed by atoms with Gasteiger partial charge < -0.3 is 14.6 Å². The molecule has 1 amide bonds. The predicted octanol–water partition coefficient (Wildman–Crippen LogP) is 3.41. The molecule has 27 heavy (non-hydrogen) atoms. The highest BCUT2D eigenvalue weighted by Crippen LogP contribution is 2.27. The Hall–Kier alpha value is -2.63. The number of esters is 1. The van der Waals surface area contributed by atoms with Crippen molar-refractivity contribution in [1.29, 1.82) is 0 Å². The molecule has 6 heteroatoms. The Morgan fingerprint density at radius 2 is 1.74 bits per heavy atom. The molecule has 0 aliphatic rings. The highest BCUT2D eigenvalue weighted by molar-refractivity contribution is 5.88. The Morgan fingerprint density at radius 1 is 1.11 bits per heavy atom. The van der Waals surface area contributed by atoms with Crippen LogP contribution >= 0.6 is 0 Å². The summed E-state index contributed by atoms with van der Waals surface area (Å²) in [5.74, 6) is -1.05. The lowest BCUT2D eigenvalue weighted by molar-refractivity contribution is -0.124. The van der Waals surface area contributed by atoms with E-state index in [-0.39, 0.29) is 23.7 Å². The van der Waals surface area contributed by atoms with Crippen molar-refractivity contribution in [3.8, 4) is 0 Å². The summed E-state index contributed by atoms with van der Waals surface area (Å²) >= 11 is 0. The number of hydrogen-bond donors (Lipinski definition) is 1. The van der Waals surface area contributed by atoms with Crippen LogP contribution < -0.4 is 5.32 Å². The van der Waals surface area contributed by atoms with Crippen molar-refractivity contribution in [3.05, 3.63) is 51.9 Å². The fourth-order valence-corrected chi connectivity index (χ4v) is 2.86. The van der Waals surface area contributed by atoms with Crippen LogP contribution in [0, 0.1) is 20.8 Å². The number of carbonyl (C=O) groups excluding carboxylic acids is 2. The highest BCUT2D eigenvalue weighted by atomic mass is 16.6. The first-order chi connectivity index (χ1) is 12.6. The van der Waals surface area contributed by atoms with E-state index in [4.69, 9.17) is 9.26 Å². The molecule has 1 aromatic heterocycles. The van der Waals surface area contributed by atoms with Gasteiger partial charge in [0.1, 0.15) is 0 Å². The average Bonchev–Trinajstić information content (AvgIpc) is 3.00. The Balaban J connectivity index is 1.83. The first kappa shape index (κ1) is 20.7. The topological polar surface area (TPSA) is 81.4 Å². The number of aryl methyl sites for hydroxylation is 3. The summed E-state index contributed by atoms with van der Waals surface area (Å²) in [7, 11) is 0. The minimum absolute atomic E-state index is 0.00881. The van der Waals surface area contributed by atoms with Crippen LogP contribution in [-0.2, 0) is 21.4 Å². The SMILES string of the molecule is Cc1cc(C(=O)OCC(=O)NCCc2c(C)cc(C(C)(C)C)cc2C)on1. The quantitative estimate of drug-likeness (QED) is 0.786. The maximum Gasteiger partial charge on any atom is 0.377 e. The van der Waals surface area contributed by atoms with Crippen molar-refractivity contribution in [1.82, 2.24) is 10.5 Å². The van der Waals surface area contributed by atoms with Gasteiger partial charge >= 0.3 is 5.97 Å². The van der Waals surface area contributed by atoms with Crippen LogP contribution in [0.25, 0.3) is 0 Å². The molecule has 0 bridgehead atoms. The number of ether oxygens (including phenoxy) is 1. The molecule has 0 saturated carbocycles. The summed E-state index contributed by atoms with van der Waals surface area (Å²) in [5.41, 5.74) is 5.67. The molecule has 0 aliphatic carbocycles. The van der Waals surface area contributed by atoms with Gasteiger partial charge in [0.05, 0.1) is 5.69 Å². The lowest BCUT2D eigenvalue weighted by atomic mass is 9.83. The number of nitrogens with one attached hydrogen (secondary N) is 1. The van der Waals surface area contributed by atoms with E-state index in [1.807, 2.05) is 0 Å². The van der Waals surface area contributed by atoms with Gasteiger partial charge in [-0.2, -0.15) is 0 Å². The van der Waals surface area contributed by atoms with Gasteiger partial charge in [0.15, 0.2) is 6.61 Å². The van der Waals surface area contributed by atoms with E-state index >= 15 is 0 Å². The number of aromatic nitrogens is 1. The smallest absolute Gasteiger partial charge is 0.377 e. The molecular formula is C21H28N2O4. The number of carbonyl (C=O) groups is 2. The molecule has 0 saturated heterocycles. The summed E-state index contributed by atoms with van der Waals surface area (Å²) in [6.07, 6.45) is 0.725. The maximum atomic E-state index is 11.9. The van der Waals surface area contributed by atoms with Crippen LogP contribution in [0.5, 0.6) is 0 Å². The fourth-order valence-electron chi connectivity index (χ4n) is 2.86. The second-order valence-electron chi connectivity index (χ2n) is 7.85. The van der Waals surface area contributed by atoms with E-state index in [9.17, 15) is 9.59 Å². The van der Waals surface area contributed by atoms with Gasteiger partial charge in [-0.1, -0.05) is 38.1 Å². The zero-order chi connectivity index (χ0) is 20.2.